The van der Waals surface area contributed by atoms with E-state index in [9.17, 15) is 0 Å². The topological polar surface area (TPSA) is 0 Å². The third-order valence-electron chi connectivity index (χ3n) is 2.46. The van der Waals surface area contributed by atoms with E-state index in [1.807, 2.05) is 0 Å². The van der Waals surface area contributed by atoms with Gasteiger partial charge in [-0.3, -0.25) is 0 Å². The summed E-state index contributed by atoms with van der Waals surface area (Å²) in [4.78, 5) is 0. The molecule has 0 nitrogen and oxygen atoms in total. The smallest absolute Gasteiger partial charge is 0.146 e. The van der Waals surface area contributed by atoms with Crippen molar-refractivity contribution in [3.63, 3.8) is 0 Å². The Morgan fingerprint density at radius 3 is 2.00 bits per heavy atom. The van der Waals surface area contributed by atoms with Crippen LogP contribution in [0.2, 0.25) is 9.10 Å². The van der Waals surface area contributed by atoms with Gasteiger partial charge in [0.15, 0.2) is 0 Å². The summed E-state index contributed by atoms with van der Waals surface area (Å²) in [7, 11) is 0. The molecule has 0 unspecified atom stereocenters. The molecule has 0 N–H and O–H groups in total. The molecule has 0 bridgehead atoms. The predicted octanol–water partition coefficient (Wildman–Crippen LogP) is 4.30. The summed E-state index contributed by atoms with van der Waals surface area (Å²) in [6.07, 6.45) is 10.3. The summed E-state index contributed by atoms with van der Waals surface area (Å²) < 4.78 is 3.19. The summed E-state index contributed by atoms with van der Waals surface area (Å²) in [5.74, 6) is 0. The largest absolute Gasteiger partial charge is 0.364 e. The molecular formula is C11H24Mg. The van der Waals surface area contributed by atoms with Gasteiger partial charge in [-0.05, 0) is 0 Å². The minimum Gasteiger partial charge on any atom is -0.146 e. The maximum Gasteiger partial charge on any atom is 0.364 e. The molecule has 0 saturated carbocycles. The van der Waals surface area contributed by atoms with Crippen LogP contribution in [0.15, 0.2) is 0 Å². The van der Waals surface area contributed by atoms with Crippen molar-refractivity contribution in [3.05, 3.63) is 0 Å². The van der Waals surface area contributed by atoms with Crippen LogP contribution in [-0.2, 0) is 0 Å². The summed E-state index contributed by atoms with van der Waals surface area (Å²) in [5.41, 5.74) is 0. The zero-order valence-corrected chi connectivity index (χ0v) is 10.5. The van der Waals surface area contributed by atoms with Gasteiger partial charge in [0.25, 0.3) is 0 Å². The first-order chi connectivity index (χ1) is 5.91. The lowest BCUT2D eigenvalue weighted by atomic mass is 10.1. The van der Waals surface area contributed by atoms with Gasteiger partial charge < -0.3 is 0 Å². The Labute approximate surface area is 88.2 Å². The van der Waals surface area contributed by atoms with E-state index in [1.165, 1.54) is 44.9 Å². The fourth-order valence-corrected chi connectivity index (χ4v) is 3.12. The number of hydrogen-bond acceptors (Lipinski definition) is 0. The van der Waals surface area contributed by atoms with E-state index in [4.69, 9.17) is 0 Å². The Morgan fingerprint density at radius 2 is 1.33 bits per heavy atom. The lowest BCUT2D eigenvalue weighted by Gasteiger charge is -1.98. The summed E-state index contributed by atoms with van der Waals surface area (Å²) in [6.45, 7) is 4.60. The molecule has 0 heterocycles. The fourth-order valence-electron chi connectivity index (χ4n) is 1.56. The van der Waals surface area contributed by atoms with Gasteiger partial charge in [0.2, 0.25) is 0 Å². The standard InChI is InChI=1S/C8H17.C3H7.Mg/c1-3-5-7-8-6-4-2;1-3-2;/h1,3-8H2,2H3;1,3H2,2H3;. The monoisotopic (exact) mass is 180 g/mol. The molecule has 12 heavy (non-hydrogen) atoms. The van der Waals surface area contributed by atoms with Crippen LogP contribution >= 0.6 is 0 Å². The molecule has 0 radical (unpaired) electrons. The van der Waals surface area contributed by atoms with E-state index in [-0.39, 0.29) is 0 Å². The van der Waals surface area contributed by atoms with Crippen molar-refractivity contribution in [1.29, 1.82) is 0 Å². The van der Waals surface area contributed by atoms with Gasteiger partial charge in [0, 0.05) is 0 Å². The molecule has 0 aliphatic rings. The highest BCUT2D eigenvalue weighted by molar-refractivity contribution is 6.35. The van der Waals surface area contributed by atoms with Crippen molar-refractivity contribution in [2.75, 3.05) is 0 Å². The molecule has 0 rings (SSSR count). The zero-order valence-electron chi connectivity index (χ0n) is 9.07. The highest BCUT2D eigenvalue weighted by atomic mass is 24.5. The second-order valence-corrected chi connectivity index (χ2v) is 5.95. The van der Waals surface area contributed by atoms with Crippen LogP contribution in [0.4, 0.5) is 0 Å². The van der Waals surface area contributed by atoms with E-state index in [0.29, 0.717) is 20.4 Å². The van der Waals surface area contributed by atoms with E-state index in [1.54, 1.807) is 9.10 Å². The Kier molecular flexibility index (Phi) is 12.5. The summed E-state index contributed by atoms with van der Waals surface area (Å²) in [6, 6.07) is 0. The van der Waals surface area contributed by atoms with Crippen LogP contribution in [-0.4, -0.2) is 20.4 Å². The normalized spacial score (nSPS) is 9.83. The Bertz CT molecular complexity index is 61.4. The fraction of sp³-hybridized carbons (Fsp3) is 1.00. The average Bonchev–Trinajstić information content (AvgIpc) is 2.10. The third kappa shape index (κ3) is 10.8. The lowest BCUT2D eigenvalue weighted by Crippen LogP contribution is -1.87. The maximum absolute atomic E-state index is 2.31. The maximum atomic E-state index is 2.31. The van der Waals surface area contributed by atoms with Crippen LogP contribution in [0.1, 0.15) is 58.8 Å². The van der Waals surface area contributed by atoms with E-state index in [0.717, 1.165) is 0 Å². The molecule has 0 aromatic heterocycles. The molecule has 0 fully saturated rings. The van der Waals surface area contributed by atoms with Gasteiger partial charge in [-0.15, -0.1) is 9.10 Å². The minimum atomic E-state index is 0.372. The Hall–Kier alpha value is 0.766. The van der Waals surface area contributed by atoms with Gasteiger partial charge in [-0.25, -0.2) is 0 Å². The molecule has 0 saturated heterocycles. The molecule has 70 valence electrons. The molecule has 0 aromatic rings. The average molecular weight is 181 g/mol. The van der Waals surface area contributed by atoms with Gasteiger partial charge in [0.05, 0.1) is 0 Å². The van der Waals surface area contributed by atoms with Gasteiger partial charge in [-0.1, -0.05) is 58.8 Å². The number of hydrogen-bond donors (Lipinski definition) is 0. The summed E-state index contributed by atoms with van der Waals surface area (Å²) in [5, 5.41) is 0. The van der Waals surface area contributed by atoms with Crippen LogP contribution in [0.25, 0.3) is 0 Å². The van der Waals surface area contributed by atoms with Crippen molar-refractivity contribution < 1.29 is 0 Å². The predicted molar refractivity (Wildman–Crippen MR) is 59.0 cm³/mol. The lowest BCUT2D eigenvalue weighted by molar-refractivity contribution is 0.623. The van der Waals surface area contributed by atoms with Crippen molar-refractivity contribution in [1.82, 2.24) is 0 Å². The van der Waals surface area contributed by atoms with Crippen molar-refractivity contribution in [2.45, 2.75) is 67.9 Å². The first kappa shape index (κ1) is 12.8. The van der Waals surface area contributed by atoms with Crippen LogP contribution in [0.5, 0.6) is 0 Å². The molecule has 0 aliphatic heterocycles. The molecule has 0 atom stereocenters. The quantitative estimate of drug-likeness (QED) is 0.367. The van der Waals surface area contributed by atoms with Gasteiger partial charge in [-0.2, -0.15) is 0 Å². The minimum absolute atomic E-state index is 0.372. The Morgan fingerprint density at radius 1 is 0.667 bits per heavy atom. The van der Waals surface area contributed by atoms with Crippen molar-refractivity contribution in [3.8, 4) is 0 Å². The second kappa shape index (κ2) is 11.8. The third-order valence-corrected chi connectivity index (χ3v) is 4.66. The molecule has 0 amide bonds. The molecule has 1 heteroatoms. The van der Waals surface area contributed by atoms with E-state index >= 15 is 0 Å². The van der Waals surface area contributed by atoms with E-state index < -0.39 is 0 Å². The van der Waals surface area contributed by atoms with Crippen LogP contribution < -0.4 is 0 Å². The molecule has 0 aliphatic carbocycles. The first-order valence-corrected chi connectivity index (χ1v) is 7.91. The highest BCUT2D eigenvalue weighted by Crippen LogP contribution is 2.07. The SMILES string of the molecule is CCCCCCC[CH2][Mg][CH2]CC. The van der Waals surface area contributed by atoms with Gasteiger partial charge >= 0.3 is 20.4 Å². The second-order valence-electron chi connectivity index (χ2n) is 3.83. The number of rotatable bonds is 9. The van der Waals surface area contributed by atoms with Crippen molar-refractivity contribution >= 4 is 20.4 Å². The number of unbranched alkanes of at least 4 members (excludes halogenated alkanes) is 5. The molecule has 0 aromatic carbocycles. The molecular weight excluding hydrogens is 156 g/mol. The Balaban J connectivity index is 2.73. The molecule has 0 spiro atoms. The van der Waals surface area contributed by atoms with Gasteiger partial charge in [0.1, 0.15) is 0 Å². The van der Waals surface area contributed by atoms with Crippen LogP contribution in [0, 0.1) is 0 Å². The zero-order chi connectivity index (χ0) is 9.07. The van der Waals surface area contributed by atoms with E-state index in [2.05, 4.69) is 13.8 Å². The van der Waals surface area contributed by atoms with Crippen molar-refractivity contribution in [2.24, 2.45) is 0 Å². The summed E-state index contributed by atoms with van der Waals surface area (Å²) >= 11 is 0.372. The first-order valence-electron chi connectivity index (χ1n) is 5.91. The highest BCUT2D eigenvalue weighted by Gasteiger charge is 1.93. The van der Waals surface area contributed by atoms with Crippen LogP contribution in [0.3, 0.4) is 0 Å².